The summed E-state index contributed by atoms with van der Waals surface area (Å²) in [5.41, 5.74) is 1.12. The summed E-state index contributed by atoms with van der Waals surface area (Å²) in [6, 6.07) is 6.07. The fourth-order valence-electron chi connectivity index (χ4n) is 3.71. The molecule has 1 atom stereocenters. The number of amides is 1. The van der Waals surface area contributed by atoms with E-state index in [1.165, 1.54) is 12.8 Å². The fraction of sp³-hybridized carbons (Fsp3) is 0.667. The smallest absolute Gasteiger partial charge is 0.225 e. The van der Waals surface area contributed by atoms with Gasteiger partial charge in [0.2, 0.25) is 5.91 Å². The second kappa shape index (κ2) is 7.23. The van der Waals surface area contributed by atoms with Crippen LogP contribution in [0.2, 0.25) is 0 Å². The van der Waals surface area contributed by atoms with Crippen molar-refractivity contribution in [2.45, 2.75) is 39.2 Å². The van der Waals surface area contributed by atoms with Crippen molar-refractivity contribution in [2.75, 3.05) is 26.2 Å². The Bertz CT molecular complexity index is 482. The standard InChI is InChI=1S/C18H27N3O/c1-15-5-4-10-21(13-15)18(22)16-7-11-20(12-8-16)14-17-6-2-3-9-19-17/h2-3,6,9,15-16H,4-5,7-8,10-14H2,1H3/t15-/m1/s1. The zero-order valence-electron chi connectivity index (χ0n) is 13.6. The number of hydrogen-bond donors (Lipinski definition) is 0. The van der Waals surface area contributed by atoms with Crippen LogP contribution in [0.3, 0.4) is 0 Å². The largest absolute Gasteiger partial charge is 0.342 e. The molecule has 0 aromatic carbocycles. The first-order valence-corrected chi connectivity index (χ1v) is 8.63. The second-order valence-corrected chi connectivity index (χ2v) is 6.90. The normalized spacial score (nSPS) is 24.4. The minimum Gasteiger partial charge on any atom is -0.342 e. The van der Waals surface area contributed by atoms with Gasteiger partial charge in [-0.2, -0.15) is 0 Å². The molecule has 2 saturated heterocycles. The lowest BCUT2D eigenvalue weighted by atomic mass is 9.92. The van der Waals surface area contributed by atoms with E-state index in [2.05, 4.69) is 27.8 Å². The molecule has 3 rings (SSSR count). The van der Waals surface area contributed by atoms with Gasteiger partial charge in [-0.05, 0) is 56.8 Å². The number of pyridine rings is 1. The van der Waals surface area contributed by atoms with Gasteiger partial charge in [0.25, 0.3) is 0 Å². The average molecular weight is 301 g/mol. The number of nitrogens with zero attached hydrogens (tertiary/aromatic N) is 3. The lowest BCUT2D eigenvalue weighted by molar-refractivity contribution is -0.138. The van der Waals surface area contributed by atoms with E-state index in [9.17, 15) is 4.79 Å². The Morgan fingerprint density at radius 1 is 1.23 bits per heavy atom. The number of hydrogen-bond acceptors (Lipinski definition) is 3. The molecule has 1 aromatic rings. The third kappa shape index (κ3) is 3.86. The number of carbonyl (C=O) groups is 1. The molecule has 1 amide bonds. The summed E-state index contributed by atoms with van der Waals surface area (Å²) < 4.78 is 0. The third-order valence-electron chi connectivity index (χ3n) is 5.02. The molecular formula is C18H27N3O. The van der Waals surface area contributed by atoms with E-state index < -0.39 is 0 Å². The number of rotatable bonds is 3. The molecule has 2 aliphatic rings. The summed E-state index contributed by atoms with van der Waals surface area (Å²) in [6.45, 7) is 7.12. The molecule has 120 valence electrons. The SMILES string of the molecule is C[C@@H]1CCCN(C(=O)C2CCN(Cc3ccccn3)CC2)C1. The number of likely N-dealkylation sites (tertiary alicyclic amines) is 2. The molecule has 2 fully saturated rings. The first kappa shape index (κ1) is 15.5. The molecule has 0 unspecified atom stereocenters. The van der Waals surface area contributed by atoms with Crippen LogP contribution >= 0.6 is 0 Å². The van der Waals surface area contributed by atoms with Crippen molar-refractivity contribution in [1.82, 2.24) is 14.8 Å². The van der Waals surface area contributed by atoms with Gasteiger partial charge in [0.1, 0.15) is 0 Å². The fourth-order valence-corrected chi connectivity index (χ4v) is 3.71. The second-order valence-electron chi connectivity index (χ2n) is 6.90. The van der Waals surface area contributed by atoms with E-state index in [-0.39, 0.29) is 5.92 Å². The summed E-state index contributed by atoms with van der Waals surface area (Å²) in [5.74, 6) is 1.32. The Morgan fingerprint density at radius 2 is 2.05 bits per heavy atom. The van der Waals surface area contributed by atoms with Crippen molar-refractivity contribution < 1.29 is 4.79 Å². The average Bonchev–Trinajstić information content (AvgIpc) is 2.56. The molecule has 4 nitrogen and oxygen atoms in total. The van der Waals surface area contributed by atoms with E-state index in [1.807, 2.05) is 18.3 Å². The van der Waals surface area contributed by atoms with Crippen molar-refractivity contribution in [1.29, 1.82) is 0 Å². The monoisotopic (exact) mass is 301 g/mol. The molecular weight excluding hydrogens is 274 g/mol. The molecule has 0 radical (unpaired) electrons. The Morgan fingerprint density at radius 3 is 2.73 bits per heavy atom. The number of carbonyl (C=O) groups excluding carboxylic acids is 1. The highest BCUT2D eigenvalue weighted by molar-refractivity contribution is 5.79. The summed E-state index contributed by atoms with van der Waals surface area (Å²) >= 11 is 0. The van der Waals surface area contributed by atoms with Crippen molar-refractivity contribution >= 4 is 5.91 Å². The molecule has 0 bridgehead atoms. The lowest BCUT2D eigenvalue weighted by Gasteiger charge is -2.37. The molecule has 0 aliphatic carbocycles. The van der Waals surface area contributed by atoms with Crippen LogP contribution in [0.25, 0.3) is 0 Å². The molecule has 3 heterocycles. The van der Waals surface area contributed by atoms with E-state index in [1.54, 1.807) is 0 Å². The maximum Gasteiger partial charge on any atom is 0.225 e. The van der Waals surface area contributed by atoms with Crippen LogP contribution in [0.15, 0.2) is 24.4 Å². The Balaban J connectivity index is 1.48. The maximum absolute atomic E-state index is 12.7. The predicted octanol–water partition coefficient (Wildman–Crippen LogP) is 2.55. The van der Waals surface area contributed by atoms with Gasteiger partial charge in [-0.15, -0.1) is 0 Å². The van der Waals surface area contributed by atoms with Crippen molar-refractivity contribution in [3.63, 3.8) is 0 Å². The van der Waals surface area contributed by atoms with Crippen molar-refractivity contribution in [3.05, 3.63) is 30.1 Å². The molecule has 0 spiro atoms. The Kier molecular flexibility index (Phi) is 5.08. The Labute approximate surface area is 133 Å². The van der Waals surface area contributed by atoms with Gasteiger partial charge < -0.3 is 4.90 Å². The van der Waals surface area contributed by atoms with E-state index in [0.29, 0.717) is 11.8 Å². The summed E-state index contributed by atoms with van der Waals surface area (Å²) in [5, 5.41) is 0. The minimum atomic E-state index is 0.241. The van der Waals surface area contributed by atoms with Gasteiger partial charge >= 0.3 is 0 Å². The van der Waals surface area contributed by atoms with Crippen LogP contribution in [0, 0.1) is 11.8 Å². The van der Waals surface area contributed by atoms with Gasteiger partial charge in [-0.25, -0.2) is 0 Å². The van der Waals surface area contributed by atoms with Crippen molar-refractivity contribution in [3.8, 4) is 0 Å². The molecule has 0 saturated carbocycles. The molecule has 2 aliphatic heterocycles. The molecule has 4 heteroatoms. The van der Waals surface area contributed by atoms with Gasteiger partial charge in [0.05, 0.1) is 5.69 Å². The van der Waals surface area contributed by atoms with Gasteiger partial charge in [-0.1, -0.05) is 13.0 Å². The highest BCUT2D eigenvalue weighted by atomic mass is 16.2. The van der Waals surface area contributed by atoms with E-state index in [0.717, 1.165) is 51.3 Å². The highest BCUT2D eigenvalue weighted by Crippen LogP contribution is 2.24. The van der Waals surface area contributed by atoms with Crippen molar-refractivity contribution in [2.24, 2.45) is 11.8 Å². The molecule has 1 aromatic heterocycles. The van der Waals surface area contributed by atoms with E-state index in [4.69, 9.17) is 0 Å². The molecule has 22 heavy (non-hydrogen) atoms. The van der Waals surface area contributed by atoms with Crippen LogP contribution < -0.4 is 0 Å². The first-order chi connectivity index (χ1) is 10.7. The van der Waals surface area contributed by atoms with Crippen LogP contribution in [0.5, 0.6) is 0 Å². The van der Waals surface area contributed by atoms with Crippen LogP contribution in [0.4, 0.5) is 0 Å². The number of piperidine rings is 2. The summed E-state index contributed by atoms with van der Waals surface area (Å²) in [7, 11) is 0. The lowest BCUT2D eigenvalue weighted by Crippen LogP contribution is -2.45. The predicted molar refractivity (Wildman–Crippen MR) is 87.2 cm³/mol. The van der Waals surface area contributed by atoms with Crippen LogP contribution in [0.1, 0.15) is 38.3 Å². The zero-order valence-corrected chi connectivity index (χ0v) is 13.6. The zero-order chi connectivity index (χ0) is 15.4. The van der Waals surface area contributed by atoms with Crippen LogP contribution in [-0.2, 0) is 11.3 Å². The van der Waals surface area contributed by atoms with Crippen LogP contribution in [-0.4, -0.2) is 46.9 Å². The minimum absolute atomic E-state index is 0.241. The summed E-state index contributed by atoms with van der Waals surface area (Å²) in [6.07, 6.45) is 6.29. The maximum atomic E-state index is 12.7. The third-order valence-corrected chi connectivity index (χ3v) is 5.02. The molecule has 0 N–H and O–H groups in total. The van der Waals surface area contributed by atoms with Gasteiger partial charge in [0.15, 0.2) is 0 Å². The van der Waals surface area contributed by atoms with E-state index >= 15 is 0 Å². The number of aromatic nitrogens is 1. The first-order valence-electron chi connectivity index (χ1n) is 8.63. The van der Waals surface area contributed by atoms with Gasteiger partial charge in [0, 0.05) is 31.7 Å². The Hall–Kier alpha value is -1.42. The highest BCUT2D eigenvalue weighted by Gasteiger charge is 2.30. The van der Waals surface area contributed by atoms with Gasteiger partial charge in [-0.3, -0.25) is 14.7 Å². The quantitative estimate of drug-likeness (QED) is 0.861. The summed E-state index contributed by atoms with van der Waals surface area (Å²) in [4.78, 5) is 21.6. The topological polar surface area (TPSA) is 36.4 Å².